The van der Waals surface area contributed by atoms with Crippen molar-refractivity contribution in [2.24, 2.45) is 10.9 Å². The quantitative estimate of drug-likeness (QED) is 0.359. The van der Waals surface area contributed by atoms with E-state index < -0.39 is 0 Å². The zero-order valence-corrected chi connectivity index (χ0v) is 18.5. The number of hydrogen-bond acceptors (Lipinski definition) is 3. The van der Waals surface area contributed by atoms with E-state index >= 15 is 0 Å². The number of guanidine groups is 1. The van der Waals surface area contributed by atoms with Crippen LogP contribution in [0.5, 0.6) is 0 Å². The lowest BCUT2D eigenvalue weighted by molar-refractivity contribution is -0.134. The molecule has 0 spiro atoms. The third-order valence-electron chi connectivity index (χ3n) is 5.06. The highest BCUT2D eigenvalue weighted by Crippen LogP contribution is 2.27. The van der Waals surface area contributed by atoms with Gasteiger partial charge in [0.05, 0.1) is 12.1 Å². The van der Waals surface area contributed by atoms with Crippen LogP contribution in [0.15, 0.2) is 4.99 Å². The van der Waals surface area contributed by atoms with E-state index in [1.807, 2.05) is 18.7 Å². The van der Waals surface area contributed by atoms with E-state index in [1.165, 1.54) is 12.8 Å². The molecule has 1 amide bonds. The number of aliphatic imine (C=N–C) groups is 1. The van der Waals surface area contributed by atoms with Crippen LogP contribution in [-0.4, -0.2) is 61.7 Å². The van der Waals surface area contributed by atoms with E-state index in [4.69, 9.17) is 4.74 Å². The van der Waals surface area contributed by atoms with Crippen molar-refractivity contribution in [3.63, 3.8) is 0 Å². The van der Waals surface area contributed by atoms with E-state index in [-0.39, 0.29) is 41.5 Å². The molecular weight excluding hydrogens is 431 g/mol. The molecule has 7 heteroatoms. The van der Waals surface area contributed by atoms with Crippen LogP contribution in [0.1, 0.15) is 52.9 Å². The first-order chi connectivity index (χ1) is 11.4. The van der Waals surface area contributed by atoms with Crippen molar-refractivity contribution < 1.29 is 9.53 Å². The van der Waals surface area contributed by atoms with Gasteiger partial charge in [0.1, 0.15) is 0 Å². The van der Waals surface area contributed by atoms with Gasteiger partial charge in [0, 0.05) is 38.7 Å². The molecule has 146 valence electrons. The van der Waals surface area contributed by atoms with Gasteiger partial charge < -0.3 is 20.3 Å². The molecule has 2 N–H and O–H groups in total. The number of nitrogens with zero attached hydrogens (tertiary/aromatic N) is 2. The molecule has 2 aliphatic rings. The molecule has 1 aliphatic carbocycles. The first-order valence-corrected chi connectivity index (χ1v) is 9.34. The van der Waals surface area contributed by atoms with Crippen LogP contribution in [0.2, 0.25) is 0 Å². The van der Waals surface area contributed by atoms with Crippen LogP contribution in [0.4, 0.5) is 0 Å². The van der Waals surface area contributed by atoms with Crippen LogP contribution in [0, 0.1) is 5.92 Å². The maximum atomic E-state index is 12.5. The maximum Gasteiger partial charge on any atom is 0.225 e. The number of ether oxygens (including phenoxy) is 1. The summed E-state index contributed by atoms with van der Waals surface area (Å²) in [6, 6.07) is 0.277. The minimum atomic E-state index is -0.275. The Morgan fingerprint density at radius 1 is 1.28 bits per heavy atom. The van der Waals surface area contributed by atoms with Crippen LogP contribution >= 0.6 is 24.0 Å². The zero-order valence-electron chi connectivity index (χ0n) is 16.1. The van der Waals surface area contributed by atoms with Gasteiger partial charge in [-0.3, -0.25) is 9.79 Å². The van der Waals surface area contributed by atoms with Crippen molar-refractivity contribution >= 4 is 35.8 Å². The molecule has 1 saturated heterocycles. The molecule has 2 fully saturated rings. The topological polar surface area (TPSA) is 66.0 Å². The zero-order chi connectivity index (χ0) is 17.6. The van der Waals surface area contributed by atoms with Crippen molar-refractivity contribution in [2.45, 2.75) is 64.5 Å². The first kappa shape index (κ1) is 22.5. The standard InChI is InChI=1S/C18H34N4O2.HI/c1-5-19-17(20-13-18(2,3)24-4)21-15-10-11-22(12-15)16(23)14-8-6-7-9-14;/h14-15H,5-13H2,1-4H3,(H2,19,20,21);1H. The van der Waals surface area contributed by atoms with Gasteiger partial charge in [-0.15, -0.1) is 24.0 Å². The van der Waals surface area contributed by atoms with Gasteiger partial charge in [0.2, 0.25) is 5.91 Å². The highest BCUT2D eigenvalue weighted by atomic mass is 127. The highest BCUT2D eigenvalue weighted by Gasteiger charge is 2.32. The van der Waals surface area contributed by atoms with Gasteiger partial charge in [-0.25, -0.2) is 0 Å². The molecule has 1 aliphatic heterocycles. The molecule has 1 atom stereocenters. The monoisotopic (exact) mass is 466 g/mol. The minimum Gasteiger partial charge on any atom is -0.377 e. The third-order valence-corrected chi connectivity index (χ3v) is 5.06. The summed E-state index contributed by atoms with van der Waals surface area (Å²) in [6.07, 6.45) is 5.54. The number of likely N-dealkylation sites (tertiary alicyclic amines) is 1. The lowest BCUT2D eigenvalue weighted by Crippen LogP contribution is -2.46. The van der Waals surface area contributed by atoms with Gasteiger partial charge >= 0.3 is 0 Å². The third kappa shape index (κ3) is 6.92. The number of hydrogen-bond donors (Lipinski definition) is 2. The van der Waals surface area contributed by atoms with Crippen molar-refractivity contribution in [1.29, 1.82) is 0 Å². The fraction of sp³-hybridized carbons (Fsp3) is 0.889. The Labute approximate surface area is 169 Å². The smallest absolute Gasteiger partial charge is 0.225 e. The Morgan fingerprint density at radius 2 is 1.96 bits per heavy atom. The summed E-state index contributed by atoms with van der Waals surface area (Å²) >= 11 is 0. The average molecular weight is 466 g/mol. The second-order valence-electron chi connectivity index (χ2n) is 7.55. The second kappa shape index (κ2) is 10.5. The van der Waals surface area contributed by atoms with Gasteiger partial charge in [0.25, 0.3) is 0 Å². The van der Waals surface area contributed by atoms with E-state index in [2.05, 4.69) is 22.5 Å². The Hall–Kier alpha value is -0.570. The van der Waals surface area contributed by atoms with Gasteiger partial charge in [-0.1, -0.05) is 12.8 Å². The van der Waals surface area contributed by atoms with Crippen LogP contribution in [0.25, 0.3) is 0 Å². The number of carbonyl (C=O) groups is 1. The van der Waals surface area contributed by atoms with Crippen LogP contribution < -0.4 is 10.6 Å². The predicted molar refractivity (Wildman–Crippen MR) is 113 cm³/mol. The van der Waals surface area contributed by atoms with Crippen molar-refractivity contribution in [2.75, 3.05) is 33.3 Å². The highest BCUT2D eigenvalue weighted by molar-refractivity contribution is 14.0. The summed E-state index contributed by atoms with van der Waals surface area (Å²) in [4.78, 5) is 19.2. The fourth-order valence-electron chi connectivity index (χ4n) is 3.36. The molecule has 6 nitrogen and oxygen atoms in total. The summed E-state index contributed by atoms with van der Waals surface area (Å²) in [5.41, 5.74) is -0.275. The largest absolute Gasteiger partial charge is 0.377 e. The average Bonchev–Trinajstić information content (AvgIpc) is 3.24. The van der Waals surface area contributed by atoms with Crippen LogP contribution in [-0.2, 0) is 9.53 Å². The van der Waals surface area contributed by atoms with E-state index in [0.29, 0.717) is 12.5 Å². The van der Waals surface area contributed by atoms with Gasteiger partial charge in [-0.2, -0.15) is 0 Å². The SMILES string of the molecule is CCNC(=NCC(C)(C)OC)NC1CCN(C(=O)C2CCCC2)C1.I. The van der Waals surface area contributed by atoms with Gasteiger partial charge in [-0.05, 0) is 40.0 Å². The predicted octanol–water partition coefficient (Wildman–Crippen LogP) is 2.38. The molecule has 0 aromatic rings. The fourth-order valence-corrected chi connectivity index (χ4v) is 3.36. The van der Waals surface area contributed by atoms with Crippen LogP contribution in [0.3, 0.4) is 0 Å². The second-order valence-corrected chi connectivity index (χ2v) is 7.55. The number of amides is 1. The summed E-state index contributed by atoms with van der Waals surface area (Å²) in [5.74, 6) is 1.44. The first-order valence-electron chi connectivity index (χ1n) is 9.34. The summed E-state index contributed by atoms with van der Waals surface area (Å²) in [7, 11) is 1.71. The van der Waals surface area contributed by atoms with E-state index in [0.717, 1.165) is 44.9 Å². The molecule has 0 aromatic heterocycles. The molecule has 25 heavy (non-hydrogen) atoms. The minimum absolute atomic E-state index is 0. The number of methoxy groups -OCH3 is 1. The summed E-state index contributed by atoms with van der Waals surface area (Å²) in [6.45, 7) is 9.16. The maximum absolute atomic E-state index is 12.5. The molecule has 2 rings (SSSR count). The van der Waals surface area contributed by atoms with Crippen molar-refractivity contribution in [3.05, 3.63) is 0 Å². The van der Waals surface area contributed by atoms with Gasteiger partial charge in [0.15, 0.2) is 5.96 Å². The number of nitrogens with one attached hydrogen (secondary N) is 2. The number of carbonyl (C=O) groups excluding carboxylic acids is 1. The molecule has 1 heterocycles. The van der Waals surface area contributed by atoms with E-state index in [1.54, 1.807) is 7.11 Å². The summed E-state index contributed by atoms with van der Waals surface area (Å²) < 4.78 is 5.43. The van der Waals surface area contributed by atoms with Crippen molar-refractivity contribution in [1.82, 2.24) is 15.5 Å². The Morgan fingerprint density at radius 3 is 2.56 bits per heavy atom. The summed E-state index contributed by atoms with van der Waals surface area (Å²) in [5, 5.41) is 6.76. The normalized spacial score (nSPS) is 22.0. The Kier molecular flexibility index (Phi) is 9.48. The molecule has 1 saturated carbocycles. The molecule has 0 radical (unpaired) electrons. The molecule has 0 bridgehead atoms. The van der Waals surface area contributed by atoms with Crippen molar-refractivity contribution in [3.8, 4) is 0 Å². The number of halogens is 1. The number of rotatable bonds is 6. The van der Waals surface area contributed by atoms with E-state index in [9.17, 15) is 4.79 Å². The Bertz CT molecular complexity index is 450. The molecule has 1 unspecified atom stereocenters. The molecule has 0 aromatic carbocycles. The lowest BCUT2D eigenvalue weighted by atomic mass is 10.1. The Balaban J connectivity index is 0.00000312. The lowest BCUT2D eigenvalue weighted by Gasteiger charge is -2.23. The molecular formula is C18H35IN4O2.